The highest BCUT2D eigenvalue weighted by Crippen LogP contribution is 2.38. The van der Waals surface area contributed by atoms with Gasteiger partial charge in [-0.15, -0.1) is 0 Å². The minimum Gasteiger partial charge on any atom is -0.756 e. The van der Waals surface area contributed by atoms with E-state index in [1.807, 2.05) is 33.3 Å². The Labute approximate surface area is 426 Å². The van der Waals surface area contributed by atoms with Gasteiger partial charge < -0.3 is 28.5 Å². The van der Waals surface area contributed by atoms with Crippen molar-refractivity contribution in [1.29, 1.82) is 0 Å². The molecule has 0 saturated heterocycles. The molecule has 0 radical (unpaired) electrons. The molecule has 0 fully saturated rings. The first-order chi connectivity index (χ1) is 33.4. The van der Waals surface area contributed by atoms with Gasteiger partial charge in [0.1, 0.15) is 19.3 Å². The number of ether oxygens (including phenoxy) is 1. The second-order valence-electron chi connectivity index (χ2n) is 20.4. The molecule has 0 aliphatic heterocycles. The zero-order chi connectivity index (χ0) is 50.8. The zero-order valence-electron chi connectivity index (χ0n) is 45.8. The molecule has 10 heteroatoms. The SMILES string of the molecule is CCCCC/C=C\C/C=C\CCCCCCCCCCCC(=O)NC(COP(=O)([O-])OCC[N+](C)(C)C)C(/C=C\CCCCCCCCCCC)OC(=O)CC/C=C/C/C=C\CCCCCCCC. The third-order valence-corrected chi connectivity index (χ3v) is 13.4. The van der Waals surface area contributed by atoms with Crippen molar-refractivity contribution in [3.05, 3.63) is 60.8 Å². The fraction of sp³-hybridized carbons (Fsp3) is 0.797. The summed E-state index contributed by atoms with van der Waals surface area (Å²) in [4.78, 5) is 39.7. The fourth-order valence-corrected chi connectivity index (χ4v) is 8.68. The summed E-state index contributed by atoms with van der Waals surface area (Å²) in [6.45, 7) is 6.76. The van der Waals surface area contributed by atoms with Crippen LogP contribution in [0.5, 0.6) is 0 Å². The number of esters is 1. The molecule has 69 heavy (non-hydrogen) atoms. The quantitative estimate of drug-likeness (QED) is 0.0212. The van der Waals surface area contributed by atoms with Crippen LogP contribution >= 0.6 is 7.82 Å². The van der Waals surface area contributed by atoms with Gasteiger partial charge in [-0.1, -0.05) is 217 Å². The monoisotopic (exact) mass is 989 g/mol. The molecule has 0 aliphatic rings. The zero-order valence-corrected chi connectivity index (χ0v) is 46.7. The maximum absolute atomic E-state index is 13.5. The smallest absolute Gasteiger partial charge is 0.306 e. The Kier molecular flexibility index (Phi) is 47.7. The normalized spacial score (nSPS) is 14.2. The summed E-state index contributed by atoms with van der Waals surface area (Å²) in [5, 5.41) is 3.00. The van der Waals surface area contributed by atoms with E-state index in [0.29, 0.717) is 23.9 Å². The Balaban J connectivity index is 5.34. The molecular weight excluding hydrogens is 880 g/mol. The van der Waals surface area contributed by atoms with Crippen LogP contribution in [-0.2, 0) is 27.9 Å². The Bertz CT molecular complexity index is 1370. The lowest BCUT2D eigenvalue weighted by atomic mass is 10.0. The summed E-state index contributed by atoms with van der Waals surface area (Å²) in [5.74, 6) is -0.624. The molecule has 0 aliphatic carbocycles. The van der Waals surface area contributed by atoms with Crippen molar-refractivity contribution in [2.75, 3.05) is 40.9 Å². The number of hydrogen-bond donors (Lipinski definition) is 1. The largest absolute Gasteiger partial charge is 0.756 e. The van der Waals surface area contributed by atoms with Crippen molar-refractivity contribution in [1.82, 2.24) is 5.32 Å². The number of quaternary nitrogens is 1. The van der Waals surface area contributed by atoms with Crippen molar-refractivity contribution in [2.45, 2.75) is 264 Å². The molecule has 9 nitrogen and oxygen atoms in total. The topological polar surface area (TPSA) is 114 Å². The summed E-state index contributed by atoms with van der Waals surface area (Å²) in [7, 11) is 1.15. The van der Waals surface area contributed by atoms with Gasteiger partial charge in [0.15, 0.2) is 0 Å². The van der Waals surface area contributed by atoms with E-state index in [9.17, 15) is 19.0 Å². The number of hydrogen-bond acceptors (Lipinski definition) is 7. The molecule has 0 aromatic carbocycles. The van der Waals surface area contributed by atoms with Gasteiger partial charge >= 0.3 is 5.97 Å². The standard InChI is InChI=1S/C59H109N2O7P/c1-7-10-13-16-19-22-25-27-28-29-30-31-32-34-36-39-42-45-48-51-58(62)60-56(55-67-69(64,65)66-54-53-61(4,5)6)57(50-47-44-41-38-35-24-21-18-15-12-9-3)68-59(63)52-49-46-43-40-37-33-26-23-20-17-14-11-8-2/h19,22,27-28,33,37,43,46-47,50,56-57H,7-18,20-21,23-26,29-32,34-36,38-42,44-45,48-49,51-55H2,1-6H3,(H-,60,62,64,65)/b22-19-,28-27-,37-33-,46-43+,50-47-. The number of carbonyl (C=O) groups excluding carboxylic acids is 2. The minimum absolute atomic E-state index is 0.0318. The molecular formula is C59H109N2O7P. The predicted molar refractivity (Wildman–Crippen MR) is 293 cm³/mol. The summed E-state index contributed by atoms with van der Waals surface area (Å²) in [5.41, 5.74) is 0. The third kappa shape index (κ3) is 50.4. The van der Waals surface area contributed by atoms with Crippen LogP contribution in [0.1, 0.15) is 252 Å². The maximum Gasteiger partial charge on any atom is 0.306 e. The Hall–Kier alpha value is -2.29. The first-order valence-electron chi connectivity index (χ1n) is 28.6. The van der Waals surface area contributed by atoms with Crippen LogP contribution in [0.3, 0.4) is 0 Å². The fourth-order valence-electron chi connectivity index (χ4n) is 7.96. The van der Waals surface area contributed by atoms with E-state index < -0.39 is 32.5 Å². The van der Waals surface area contributed by atoms with Crippen molar-refractivity contribution in [2.24, 2.45) is 0 Å². The molecule has 0 heterocycles. The molecule has 1 N–H and O–H groups in total. The lowest BCUT2D eigenvalue weighted by molar-refractivity contribution is -0.870. The molecule has 0 rings (SSSR count). The van der Waals surface area contributed by atoms with Crippen LogP contribution in [0.4, 0.5) is 0 Å². The average Bonchev–Trinajstić information content (AvgIpc) is 3.31. The Morgan fingerprint density at radius 2 is 0.899 bits per heavy atom. The van der Waals surface area contributed by atoms with Crippen LogP contribution in [0, 0.1) is 0 Å². The van der Waals surface area contributed by atoms with Crippen LogP contribution in [0.25, 0.3) is 0 Å². The number of unbranched alkanes of at least 4 members (excludes halogenated alkanes) is 27. The van der Waals surface area contributed by atoms with Gasteiger partial charge in [0.25, 0.3) is 7.82 Å². The minimum atomic E-state index is -4.70. The van der Waals surface area contributed by atoms with Gasteiger partial charge in [0.05, 0.1) is 33.8 Å². The molecule has 0 aromatic rings. The van der Waals surface area contributed by atoms with Gasteiger partial charge in [-0.25, -0.2) is 0 Å². The number of nitrogens with one attached hydrogen (secondary N) is 1. The number of likely N-dealkylation sites (N-methyl/N-ethyl adjacent to an activating group) is 1. The third-order valence-electron chi connectivity index (χ3n) is 12.4. The highest BCUT2D eigenvalue weighted by atomic mass is 31.2. The van der Waals surface area contributed by atoms with Gasteiger partial charge in [-0.05, 0) is 83.1 Å². The predicted octanol–water partition coefficient (Wildman–Crippen LogP) is 16.5. The van der Waals surface area contributed by atoms with Crippen LogP contribution < -0.4 is 10.2 Å². The van der Waals surface area contributed by atoms with Crippen molar-refractivity contribution in [3.63, 3.8) is 0 Å². The second kappa shape index (κ2) is 49.3. The summed E-state index contributed by atoms with van der Waals surface area (Å²) in [6.07, 6.45) is 60.6. The first-order valence-corrected chi connectivity index (χ1v) is 30.1. The molecule has 3 unspecified atom stereocenters. The van der Waals surface area contributed by atoms with E-state index in [2.05, 4.69) is 68.6 Å². The van der Waals surface area contributed by atoms with Crippen LogP contribution in [0.15, 0.2) is 60.8 Å². The summed E-state index contributed by atoms with van der Waals surface area (Å²) in [6, 6.07) is -0.912. The van der Waals surface area contributed by atoms with Crippen molar-refractivity contribution in [3.8, 4) is 0 Å². The number of carbonyl (C=O) groups is 2. The van der Waals surface area contributed by atoms with E-state index in [1.54, 1.807) is 6.08 Å². The number of phosphoric ester groups is 1. The van der Waals surface area contributed by atoms with Gasteiger partial charge in [-0.2, -0.15) is 0 Å². The Morgan fingerprint density at radius 1 is 0.507 bits per heavy atom. The molecule has 1 amide bonds. The lowest BCUT2D eigenvalue weighted by Gasteiger charge is -2.30. The highest BCUT2D eigenvalue weighted by molar-refractivity contribution is 7.45. The van der Waals surface area contributed by atoms with Gasteiger partial charge in [0, 0.05) is 12.8 Å². The summed E-state index contributed by atoms with van der Waals surface area (Å²) >= 11 is 0. The van der Waals surface area contributed by atoms with E-state index in [-0.39, 0.29) is 18.9 Å². The van der Waals surface area contributed by atoms with Crippen molar-refractivity contribution < 1.29 is 37.3 Å². The average molecular weight is 990 g/mol. The molecule has 0 aromatic heterocycles. The summed E-state index contributed by atoms with van der Waals surface area (Å²) < 4.78 is 30.1. The van der Waals surface area contributed by atoms with Crippen LogP contribution in [-0.4, -0.2) is 69.4 Å². The molecule has 3 atom stereocenters. The van der Waals surface area contributed by atoms with Crippen molar-refractivity contribution >= 4 is 19.7 Å². The maximum atomic E-state index is 13.5. The van der Waals surface area contributed by atoms with E-state index in [4.69, 9.17) is 13.8 Å². The number of rotatable bonds is 51. The molecule has 0 saturated carbocycles. The number of allylic oxidation sites excluding steroid dienone is 9. The second-order valence-corrected chi connectivity index (χ2v) is 21.8. The highest BCUT2D eigenvalue weighted by Gasteiger charge is 2.27. The first kappa shape index (κ1) is 66.7. The number of nitrogens with zero attached hydrogens (tertiary/aromatic N) is 1. The van der Waals surface area contributed by atoms with Crippen LogP contribution in [0.2, 0.25) is 0 Å². The molecule has 0 bridgehead atoms. The lowest BCUT2D eigenvalue weighted by Crippen LogP contribution is -2.47. The number of phosphoric acid groups is 1. The van der Waals surface area contributed by atoms with E-state index >= 15 is 0 Å². The van der Waals surface area contributed by atoms with E-state index in [0.717, 1.165) is 70.6 Å². The van der Waals surface area contributed by atoms with E-state index in [1.165, 1.54) is 141 Å². The van der Waals surface area contributed by atoms with Gasteiger partial charge in [0.2, 0.25) is 5.91 Å². The molecule has 0 spiro atoms. The Morgan fingerprint density at radius 3 is 1.36 bits per heavy atom. The van der Waals surface area contributed by atoms with Gasteiger partial charge in [-0.3, -0.25) is 14.2 Å². The molecule has 402 valence electrons. The number of amides is 1.